The molecular formula is C12H13N5. The smallest absolute Gasteiger partial charge is 0.230 e. The summed E-state index contributed by atoms with van der Waals surface area (Å²) in [6, 6.07) is 11.4. The summed E-state index contributed by atoms with van der Waals surface area (Å²) < 4.78 is 0. The molecule has 1 aromatic heterocycles. The number of amidine groups is 1. The quantitative estimate of drug-likeness (QED) is 0.615. The van der Waals surface area contributed by atoms with E-state index in [2.05, 4.69) is 9.97 Å². The highest BCUT2D eigenvalue weighted by Gasteiger charge is 2.08. The number of hydrogen-bond donors (Lipinski definition) is 2. The standard InChI is InChI=1S/C12H13N5/c1-17(9-5-3-2-4-6-9)12-15-8-7-10(16-12)11(13)14/h2-8H,1H3,(H3,13,14). The Hall–Kier alpha value is -2.43. The molecule has 0 aliphatic heterocycles. The van der Waals surface area contributed by atoms with Gasteiger partial charge >= 0.3 is 0 Å². The van der Waals surface area contributed by atoms with Gasteiger partial charge < -0.3 is 10.6 Å². The first-order chi connectivity index (χ1) is 8.18. The molecule has 0 amide bonds. The molecular weight excluding hydrogens is 214 g/mol. The van der Waals surface area contributed by atoms with Crippen LogP contribution in [0.5, 0.6) is 0 Å². The van der Waals surface area contributed by atoms with Crippen LogP contribution in [0.4, 0.5) is 11.6 Å². The molecule has 2 rings (SSSR count). The van der Waals surface area contributed by atoms with E-state index in [0.29, 0.717) is 11.6 Å². The largest absolute Gasteiger partial charge is 0.382 e. The molecule has 5 heteroatoms. The van der Waals surface area contributed by atoms with E-state index in [0.717, 1.165) is 5.69 Å². The van der Waals surface area contributed by atoms with Gasteiger partial charge in [0.1, 0.15) is 11.5 Å². The van der Waals surface area contributed by atoms with Gasteiger partial charge in [0.15, 0.2) is 0 Å². The topological polar surface area (TPSA) is 78.9 Å². The molecule has 0 bridgehead atoms. The van der Waals surface area contributed by atoms with Crippen LogP contribution in [0.2, 0.25) is 0 Å². The van der Waals surface area contributed by atoms with E-state index >= 15 is 0 Å². The Labute approximate surface area is 99.4 Å². The number of nitrogens with two attached hydrogens (primary N) is 1. The number of hydrogen-bond acceptors (Lipinski definition) is 4. The van der Waals surface area contributed by atoms with E-state index in [9.17, 15) is 0 Å². The van der Waals surface area contributed by atoms with E-state index in [1.54, 1.807) is 12.3 Å². The first-order valence-electron chi connectivity index (χ1n) is 5.14. The summed E-state index contributed by atoms with van der Waals surface area (Å²) in [6.07, 6.45) is 1.60. The summed E-state index contributed by atoms with van der Waals surface area (Å²) in [5.74, 6) is 0.457. The Balaban J connectivity index is 2.34. The van der Waals surface area contributed by atoms with Gasteiger partial charge in [-0.05, 0) is 18.2 Å². The Bertz CT molecular complexity index is 523. The second-order valence-electron chi connectivity index (χ2n) is 3.55. The second-order valence-corrected chi connectivity index (χ2v) is 3.55. The van der Waals surface area contributed by atoms with Crippen LogP contribution < -0.4 is 10.6 Å². The number of aromatic nitrogens is 2. The SMILES string of the molecule is CN(c1ccccc1)c1nccc(C(=N)N)n1. The predicted octanol–water partition coefficient (Wildman–Crippen LogP) is 1.53. The molecule has 0 saturated heterocycles. The minimum absolute atomic E-state index is 0.0601. The molecule has 2 aromatic rings. The third kappa shape index (κ3) is 2.39. The van der Waals surface area contributed by atoms with Gasteiger partial charge in [-0.2, -0.15) is 0 Å². The van der Waals surface area contributed by atoms with Gasteiger partial charge in [-0.15, -0.1) is 0 Å². The molecule has 0 radical (unpaired) electrons. The first-order valence-corrected chi connectivity index (χ1v) is 5.14. The van der Waals surface area contributed by atoms with E-state index in [1.807, 2.05) is 42.3 Å². The Kier molecular flexibility index (Phi) is 3.00. The van der Waals surface area contributed by atoms with E-state index < -0.39 is 0 Å². The van der Waals surface area contributed by atoms with Crippen molar-refractivity contribution < 1.29 is 0 Å². The highest BCUT2D eigenvalue weighted by Crippen LogP contribution is 2.18. The highest BCUT2D eigenvalue weighted by molar-refractivity contribution is 5.93. The first kappa shape index (κ1) is 11.1. The maximum Gasteiger partial charge on any atom is 0.230 e. The van der Waals surface area contributed by atoms with Crippen molar-refractivity contribution in [1.82, 2.24) is 9.97 Å². The van der Waals surface area contributed by atoms with Crippen LogP contribution >= 0.6 is 0 Å². The van der Waals surface area contributed by atoms with Gasteiger partial charge in [0.25, 0.3) is 0 Å². The summed E-state index contributed by atoms with van der Waals surface area (Å²) in [5.41, 5.74) is 6.80. The zero-order valence-electron chi connectivity index (χ0n) is 9.46. The van der Waals surface area contributed by atoms with Gasteiger partial charge in [-0.3, -0.25) is 5.41 Å². The third-order valence-corrected chi connectivity index (χ3v) is 2.36. The Morgan fingerprint density at radius 1 is 1.24 bits per heavy atom. The molecule has 3 N–H and O–H groups in total. The molecule has 17 heavy (non-hydrogen) atoms. The number of nitrogens with zero attached hydrogens (tertiary/aromatic N) is 3. The average Bonchev–Trinajstić information content (AvgIpc) is 2.39. The maximum absolute atomic E-state index is 7.35. The third-order valence-electron chi connectivity index (χ3n) is 2.36. The molecule has 1 heterocycles. The van der Waals surface area contributed by atoms with Crippen LogP contribution in [0.15, 0.2) is 42.6 Å². The van der Waals surface area contributed by atoms with Crippen LogP contribution in [-0.4, -0.2) is 22.9 Å². The number of nitrogen functional groups attached to an aromatic ring is 1. The number of rotatable bonds is 3. The van der Waals surface area contributed by atoms with Crippen LogP contribution in [0.3, 0.4) is 0 Å². The number of para-hydroxylation sites is 1. The lowest BCUT2D eigenvalue weighted by molar-refractivity contribution is 1.03. The van der Waals surface area contributed by atoms with Crippen molar-refractivity contribution in [3.8, 4) is 0 Å². The lowest BCUT2D eigenvalue weighted by atomic mass is 10.3. The van der Waals surface area contributed by atoms with E-state index in [4.69, 9.17) is 11.1 Å². The molecule has 0 atom stereocenters. The van der Waals surface area contributed by atoms with Crippen molar-refractivity contribution in [2.75, 3.05) is 11.9 Å². The van der Waals surface area contributed by atoms with Gasteiger partial charge in [0, 0.05) is 18.9 Å². The van der Waals surface area contributed by atoms with Gasteiger partial charge in [0.05, 0.1) is 0 Å². The van der Waals surface area contributed by atoms with Crippen molar-refractivity contribution in [3.05, 3.63) is 48.3 Å². The van der Waals surface area contributed by atoms with Crippen molar-refractivity contribution in [3.63, 3.8) is 0 Å². The molecule has 0 fully saturated rings. The zero-order chi connectivity index (χ0) is 12.3. The molecule has 0 saturated carbocycles. The van der Waals surface area contributed by atoms with Crippen LogP contribution in [0.25, 0.3) is 0 Å². The van der Waals surface area contributed by atoms with Gasteiger partial charge in [0.2, 0.25) is 5.95 Å². The summed E-state index contributed by atoms with van der Waals surface area (Å²) >= 11 is 0. The summed E-state index contributed by atoms with van der Waals surface area (Å²) in [7, 11) is 1.87. The van der Waals surface area contributed by atoms with Crippen molar-refractivity contribution in [2.45, 2.75) is 0 Å². The fourth-order valence-corrected chi connectivity index (χ4v) is 1.43. The predicted molar refractivity (Wildman–Crippen MR) is 67.6 cm³/mol. The molecule has 86 valence electrons. The molecule has 0 aliphatic rings. The number of anilines is 2. The molecule has 0 aliphatic carbocycles. The normalized spacial score (nSPS) is 9.94. The average molecular weight is 227 g/mol. The Morgan fingerprint density at radius 2 is 1.94 bits per heavy atom. The number of nitrogens with one attached hydrogen (secondary N) is 1. The fraction of sp³-hybridized carbons (Fsp3) is 0.0833. The highest BCUT2D eigenvalue weighted by atomic mass is 15.2. The molecule has 5 nitrogen and oxygen atoms in total. The van der Waals surface area contributed by atoms with Crippen LogP contribution in [0.1, 0.15) is 5.69 Å². The molecule has 1 aromatic carbocycles. The van der Waals surface area contributed by atoms with Gasteiger partial charge in [-0.1, -0.05) is 18.2 Å². The number of benzene rings is 1. The van der Waals surface area contributed by atoms with E-state index in [1.165, 1.54) is 0 Å². The summed E-state index contributed by atoms with van der Waals surface area (Å²) in [6.45, 7) is 0. The van der Waals surface area contributed by atoms with Crippen LogP contribution in [-0.2, 0) is 0 Å². The minimum Gasteiger partial charge on any atom is -0.382 e. The maximum atomic E-state index is 7.35. The zero-order valence-corrected chi connectivity index (χ0v) is 9.46. The van der Waals surface area contributed by atoms with Gasteiger partial charge in [-0.25, -0.2) is 9.97 Å². The van der Waals surface area contributed by atoms with E-state index in [-0.39, 0.29) is 5.84 Å². The van der Waals surface area contributed by atoms with Crippen LogP contribution in [0, 0.1) is 5.41 Å². The molecule has 0 unspecified atom stereocenters. The lowest BCUT2D eigenvalue weighted by Crippen LogP contribution is -2.18. The molecule has 0 spiro atoms. The van der Waals surface area contributed by atoms with Crippen molar-refractivity contribution >= 4 is 17.5 Å². The summed E-state index contributed by atoms with van der Waals surface area (Å²) in [5, 5.41) is 7.35. The monoisotopic (exact) mass is 227 g/mol. The second kappa shape index (κ2) is 4.61. The minimum atomic E-state index is -0.0601. The lowest BCUT2D eigenvalue weighted by Gasteiger charge is -2.17. The van der Waals surface area contributed by atoms with Crippen molar-refractivity contribution in [2.24, 2.45) is 5.73 Å². The Morgan fingerprint density at radius 3 is 2.59 bits per heavy atom. The van der Waals surface area contributed by atoms with Crippen molar-refractivity contribution in [1.29, 1.82) is 5.41 Å². The fourth-order valence-electron chi connectivity index (χ4n) is 1.43. The summed E-state index contributed by atoms with van der Waals surface area (Å²) in [4.78, 5) is 10.2.